The molecule has 0 saturated heterocycles. The maximum Gasteiger partial charge on any atom is 0.249 e. The van der Waals surface area contributed by atoms with E-state index in [1.54, 1.807) is 56.7 Å². The van der Waals surface area contributed by atoms with Crippen molar-refractivity contribution in [3.8, 4) is 0 Å². The van der Waals surface area contributed by atoms with Crippen molar-refractivity contribution < 1.29 is 19.2 Å². The Morgan fingerprint density at radius 1 is 0.889 bits per heavy atom. The maximum atomic E-state index is 13.3. The van der Waals surface area contributed by atoms with Crippen LogP contribution in [-0.4, -0.2) is 72.2 Å². The Hall–Kier alpha value is -3.16. The maximum absolute atomic E-state index is 13.3. The van der Waals surface area contributed by atoms with Crippen molar-refractivity contribution in [1.29, 1.82) is 0 Å². The molecule has 0 radical (unpaired) electrons. The highest BCUT2D eigenvalue weighted by atomic mass is 16.2. The van der Waals surface area contributed by atoms with Gasteiger partial charge >= 0.3 is 0 Å². The number of nitrogens with one attached hydrogen (secondary N) is 2. The molecule has 254 valence electrons. The fourth-order valence-corrected chi connectivity index (χ4v) is 6.35. The summed E-state index contributed by atoms with van der Waals surface area (Å²) in [7, 11) is 3.61. The lowest BCUT2D eigenvalue weighted by Gasteiger charge is -2.53. The lowest BCUT2D eigenvalue weighted by molar-refractivity contribution is -0.127. The molecule has 1 rings (SSSR count). The highest BCUT2D eigenvalue weighted by Gasteiger charge is 2.49. The molecule has 0 aromatic carbocycles. The summed E-state index contributed by atoms with van der Waals surface area (Å²) < 4.78 is 0. The Labute approximate surface area is 273 Å². The fraction of sp³-hybridized carbons (Fsp3) is 0.676. The second-order valence-electron chi connectivity index (χ2n) is 15.5. The molecule has 4 amide bonds. The minimum atomic E-state index is -0.475. The van der Waals surface area contributed by atoms with E-state index in [4.69, 9.17) is 0 Å². The van der Waals surface area contributed by atoms with Gasteiger partial charge in [0.2, 0.25) is 23.6 Å². The predicted molar refractivity (Wildman–Crippen MR) is 185 cm³/mol. The number of allylic oxidation sites excluding steroid dienone is 2. The molecule has 1 aliphatic rings. The SMILES string of the molecule is C=C(C)C(=O)NC1CC(C)(C)C(C)(NC(=O)/C(C)=C/C=C(\C)C(=O)N(C)CC(C)CC(C)(C)CCN(C)C(=O)C(=C)C)CC1C. The summed E-state index contributed by atoms with van der Waals surface area (Å²) in [4.78, 5) is 54.3. The Balaban J connectivity index is 2.81. The van der Waals surface area contributed by atoms with Gasteiger partial charge in [-0.1, -0.05) is 66.9 Å². The van der Waals surface area contributed by atoms with Crippen molar-refractivity contribution in [3.63, 3.8) is 0 Å². The van der Waals surface area contributed by atoms with Crippen LogP contribution in [0.4, 0.5) is 0 Å². The Morgan fingerprint density at radius 3 is 1.98 bits per heavy atom. The monoisotopic (exact) mass is 626 g/mol. The van der Waals surface area contributed by atoms with Crippen LogP contribution in [0.15, 0.2) is 47.6 Å². The molecule has 1 aliphatic carbocycles. The summed E-state index contributed by atoms with van der Waals surface area (Å²) in [6.07, 6.45) is 6.65. The van der Waals surface area contributed by atoms with Crippen molar-refractivity contribution in [2.45, 2.75) is 113 Å². The van der Waals surface area contributed by atoms with Gasteiger partial charge in [0.15, 0.2) is 0 Å². The van der Waals surface area contributed by atoms with Crippen molar-refractivity contribution in [2.75, 3.05) is 27.2 Å². The molecule has 0 aromatic heterocycles. The normalized spacial score (nSPS) is 22.6. The summed E-state index contributed by atoms with van der Waals surface area (Å²) in [6.45, 7) is 30.7. The van der Waals surface area contributed by atoms with Crippen LogP contribution in [0, 0.1) is 22.7 Å². The first kappa shape index (κ1) is 39.9. The highest BCUT2D eigenvalue weighted by molar-refractivity contribution is 5.96. The Morgan fingerprint density at radius 2 is 1.44 bits per heavy atom. The molecule has 8 nitrogen and oxygen atoms in total. The molecule has 0 spiro atoms. The van der Waals surface area contributed by atoms with Crippen LogP contribution in [0.25, 0.3) is 0 Å². The van der Waals surface area contributed by atoms with Gasteiger partial charge in [-0.3, -0.25) is 19.2 Å². The van der Waals surface area contributed by atoms with Gasteiger partial charge in [-0.2, -0.15) is 0 Å². The third kappa shape index (κ3) is 11.6. The molecule has 0 heterocycles. The van der Waals surface area contributed by atoms with E-state index in [0.29, 0.717) is 35.4 Å². The number of carbonyl (C=O) groups excluding carboxylic acids is 4. The third-order valence-electron chi connectivity index (χ3n) is 9.68. The van der Waals surface area contributed by atoms with Crippen molar-refractivity contribution in [3.05, 3.63) is 47.6 Å². The quantitative estimate of drug-likeness (QED) is 0.177. The highest BCUT2D eigenvalue weighted by Crippen LogP contribution is 2.46. The second kappa shape index (κ2) is 15.9. The van der Waals surface area contributed by atoms with E-state index in [9.17, 15) is 19.2 Å². The zero-order valence-electron chi connectivity index (χ0n) is 30.6. The minimum Gasteiger partial charge on any atom is -0.349 e. The topological polar surface area (TPSA) is 98.8 Å². The molecule has 2 N–H and O–H groups in total. The molecular formula is C37H62N4O4. The van der Waals surface area contributed by atoms with Gasteiger partial charge in [0.25, 0.3) is 0 Å². The number of hydrogen-bond acceptors (Lipinski definition) is 4. The average Bonchev–Trinajstić information content (AvgIpc) is 2.91. The van der Waals surface area contributed by atoms with E-state index >= 15 is 0 Å². The summed E-state index contributed by atoms with van der Waals surface area (Å²) in [5, 5.41) is 6.38. The van der Waals surface area contributed by atoms with Crippen LogP contribution in [-0.2, 0) is 19.2 Å². The van der Waals surface area contributed by atoms with Crippen LogP contribution in [0.3, 0.4) is 0 Å². The van der Waals surface area contributed by atoms with E-state index in [1.165, 1.54) is 0 Å². The molecule has 8 heteroatoms. The standard InChI is InChI=1S/C37H62N4O4/c1-24(2)31(42)38-30-22-36(11,12)37(13,21-29(30)8)39-32(43)27(6)16-17-28(7)34(45)41(15)23-26(5)20-35(9,10)18-19-40(14)33(44)25(3)4/h16-17,26,29-30H,1,3,18-23H2,2,4-15H3,(H,38,42)(H,39,43)/b27-16+,28-17+. The molecule has 0 bridgehead atoms. The van der Waals surface area contributed by atoms with Crippen LogP contribution in [0.5, 0.6) is 0 Å². The number of hydrogen-bond donors (Lipinski definition) is 2. The molecule has 4 atom stereocenters. The summed E-state index contributed by atoms with van der Waals surface area (Å²) in [6, 6.07) is 0.00670. The Kier molecular flexibility index (Phi) is 14.1. The minimum absolute atomic E-state index is 0.00578. The van der Waals surface area contributed by atoms with Gasteiger partial charge < -0.3 is 20.4 Å². The number of carbonyl (C=O) groups is 4. The molecular weight excluding hydrogens is 564 g/mol. The number of rotatable bonds is 14. The van der Waals surface area contributed by atoms with E-state index in [2.05, 4.69) is 72.3 Å². The van der Waals surface area contributed by atoms with Gasteiger partial charge in [-0.25, -0.2) is 0 Å². The zero-order chi connectivity index (χ0) is 35.1. The van der Waals surface area contributed by atoms with Gasteiger partial charge in [0.1, 0.15) is 0 Å². The van der Waals surface area contributed by atoms with E-state index in [0.717, 1.165) is 25.7 Å². The summed E-state index contributed by atoms with van der Waals surface area (Å²) in [5.41, 5.74) is 1.37. The first-order chi connectivity index (χ1) is 20.4. The Bertz CT molecular complexity index is 1210. The first-order valence-corrected chi connectivity index (χ1v) is 16.2. The van der Waals surface area contributed by atoms with Crippen molar-refractivity contribution in [1.82, 2.24) is 20.4 Å². The molecule has 0 aliphatic heterocycles. The van der Waals surface area contributed by atoms with Crippen molar-refractivity contribution in [2.24, 2.45) is 22.7 Å². The van der Waals surface area contributed by atoms with E-state index in [-0.39, 0.29) is 52.3 Å². The molecule has 1 fully saturated rings. The summed E-state index contributed by atoms with van der Waals surface area (Å²) >= 11 is 0. The lowest BCUT2D eigenvalue weighted by atomic mass is 9.59. The van der Waals surface area contributed by atoms with Gasteiger partial charge in [0, 0.05) is 61.1 Å². The second-order valence-corrected chi connectivity index (χ2v) is 15.5. The molecule has 4 unspecified atom stereocenters. The van der Waals surface area contributed by atoms with Crippen molar-refractivity contribution >= 4 is 23.6 Å². The van der Waals surface area contributed by atoms with Crippen LogP contribution in [0.1, 0.15) is 102 Å². The number of amides is 4. The molecule has 1 saturated carbocycles. The summed E-state index contributed by atoms with van der Waals surface area (Å²) in [5.74, 6) is 0.0287. The number of likely N-dealkylation sites (N-methyl/N-ethyl adjacent to an activating group) is 2. The third-order valence-corrected chi connectivity index (χ3v) is 9.68. The van der Waals surface area contributed by atoms with Crippen LogP contribution in [0.2, 0.25) is 0 Å². The van der Waals surface area contributed by atoms with Gasteiger partial charge in [0.05, 0.1) is 0 Å². The van der Waals surface area contributed by atoms with E-state index in [1.807, 2.05) is 7.05 Å². The average molecular weight is 627 g/mol. The molecule has 0 aromatic rings. The fourth-order valence-electron chi connectivity index (χ4n) is 6.35. The molecule has 45 heavy (non-hydrogen) atoms. The number of nitrogens with zero attached hydrogens (tertiary/aromatic N) is 2. The van der Waals surface area contributed by atoms with Gasteiger partial charge in [-0.15, -0.1) is 0 Å². The first-order valence-electron chi connectivity index (χ1n) is 16.2. The van der Waals surface area contributed by atoms with Crippen LogP contribution < -0.4 is 10.6 Å². The largest absolute Gasteiger partial charge is 0.349 e. The lowest BCUT2D eigenvalue weighted by Crippen LogP contribution is -2.63. The zero-order valence-corrected chi connectivity index (χ0v) is 30.6. The van der Waals surface area contributed by atoms with Gasteiger partial charge in [-0.05, 0) is 83.0 Å². The predicted octanol–water partition coefficient (Wildman–Crippen LogP) is 6.21. The van der Waals surface area contributed by atoms with E-state index < -0.39 is 5.54 Å². The van der Waals surface area contributed by atoms with Crippen LogP contribution >= 0.6 is 0 Å². The smallest absolute Gasteiger partial charge is 0.249 e.